The molecule has 2 aliphatic heterocycles. The Morgan fingerprint density at radius 1 is 1.03 bits per heavy atom. The SMILES string of the molecule is CN1CCN(c2ccc3cc2OCC(O)COc2cccc(F)c2-c2cc4c-3n[nH]c4cn2)CC1. The lowest BCUT2D eigenvalue weighted by Crippen LogP contribution is -2.44. The lowest BCUT2D eigenvalue weighted by Gasteiger charge is -2.35. The Balaban J connectivity index is 1.50. The molecule has 0 spiro atoms. The lowest BCUT2D eigenvalue weighted by molar-refractivity contribution is 0.0628. The number of hydrogen-bond donors (Lipinski definition) is 2. The van der Waals surface area contributed by atoms with Crippen molar-refractivity contribution in [3.05, 3.63) is 54.5 Å². The minimum atomic E-state index is -0.908. The van der Waals surface area contributed by atoms with Crippen LogP contribution in [0.5, 0.6) is 11.5 Å². The van der Waals surface area contributed by atoms with Crippen molar-refractivity contribution < 1.29 is 19.0 Å². The van der Waals surface area contributed by atoms with E-state index < -0.39 is 11.9 Å². The summed E-state index contributed by atoms with van der Waals surface area (Å²) in [5.74, 6) is 0.547. The van der Waals surface area contributed by atoms with Crippen LogP contribution in [0.2, 0.25) is 0 Å². The maximum atomic E-state index is 14.9. The van der Waals surface area contributed by atoms with Crippen LogP contribution in [-0.4, -0.2) is 77.7 Å². The predicted molar refractivity (Wildman–Crippen MR) is 131 cm³/mol. The van der Waals surface area contributed by atoms with Crippen molar-refractivity contribution in [2.24, 2.45) is 0 Å². The highest BCUT2D eigenvalue weighted by molar-refractivity contribution is 5.95. The summed E-state index contributed by atoms with van der Waals surface area (Å²) in [6, 6.07) is 12.5. The second-order valence-corrected chi connectivity index (χ2v) is 9.05. The number of halogens is 1. The van der Waals surface area contributed by atoms with Gasteiger partial charge < -0.3 is 24.4 Å². The minimum absolute atomic E-state index is 0.0361. The smallest absolute Gasteiger partial charge is 0.143 e. The van der Waals surface area contributed by atoms with Crippen LogP contribution in [0.15, 0.2) is 48.7 Å². The first-order chi connectivity index (χ1) is 17.1. The molecule has 4 heterocycles. The molecular weight excluding hydrogens is 449 g/mol. The van der Waals surface area contributed by atoms with Gasteiger partial charge in [0.2, 0.25) is 0 Å². The number of ether oxygens (including phenoxy) is 2. The van der Waals surface area contributed by atoms with Gasteiger partial charge >= 0.3 is 0 Å². The molecule has 0 radical (unpaired) electrons. The molecule has 2 N–H and O–H groups in total. The summed E-state index contributed by atoms with van der Waals surface area (Å²) in [6.45, 7) is 3.70. The molecule has 1 atom stereocenters. The Bertz CT molecular complexity index is 1380. The van der Waals surface area contributed by atoms with Gasteiger partial charge in [-0.3, -0.25) is 10.1 Å². The third-order valence-electron chi connectivity index (χ3n) is 6.62. The Morgan fingerprint density at radius 3 is 2.66 bits per heavy atom. The number of aliphatic hydroxyl groups is 1. The molecule has 2 aliphatic rings. The van der Waals surface area contributed by atoms with Crippen molar-refractivity contribution in [3.63, 3.8) is 0 Å². The zero-order chi connectivity index (χ0) is 23.9. The van der Waals surface area contributed by atoms with Crippen LogP contribution in [0.1, 0.15) is 0 Å². The molecule has 0 saturated carbocycles. The summed E-state index contributed by atoms with van der Waals surface area (Å²) < 4.78 is 26.9. The number of hydrogen-bond acceptors (Lipinski definition) is 7. The number of H-pyrrole nitrogens is 1. The standard InChI is InChI=1S/C26H26FN5O3/c1-31-7-9-32(10-8-31)22-6-5-16-11-24(22)35-15-17(33)14-34-23-4-2-3-19(27)25(23)20-12-18-21(13-28-20)29-30-26(16)18/h2-6,11-13,17,33H,7-10,14-15H2,1H3,(H,29,30). The molecule has 4 bridgehead atoms. The van der Waals surface area contributed by atoms with Crippen LogP contribution in [0, 0.1) is 5.82 Å². The van der Waals surface area contributed by atoms with Crippen LogP contribution in [0.3, 0.4) is 0 Å². The average Bonchev–Trinajstić information content (AvgIpc) is 3.29. The fourth-order valence-corrected chi connectivity index (χ4v) is 4.65. The first-order valence-corrected chi connectivity index (χ1v) is 11.7. The van der Waals surface area contributed by atoms with Gasteiger partial charge in [0.25, 0.3) is 0 Å². The van der Waals surface area contributed by atoms with E-state index in [4.69, 9.17) is 9.47 Å². The van der Waals surface area contributed by atoms with Crippen molar-refractivity contribution in [1.82, 2.24) is 20.1 Å². The second kappa shape index (κ2) is 8.83. The fraction of sp³-hybridized carbons (Fsp3) is 0.308. The predicted octanol–water partition coefficient (Wildman–Crippen LogP) is 3.31. The largest absolute Gasteiger partial charge is 0.490 e. The third-order valence-corrected chi connectivity index (χ3v) is 6.62. The van der Waals surface area contributed by atoms with Crippen molar-refractivity contribution in [2.45, 2.75) is 6.10 Å². The van der Waals surface area contributed by atoms with Crippen LogP contribution >= 0.6 is 0 Å². The molecule has 0 aliphatic carbocycles. The number of aromatic amines is 1. The van der Waals surface area contributed by atoms with Crippen molar-refractivity contribution in [1.29, 1.82) is 0 Å². The molecular formula is C26H26FN5O3. The van der Waals surface area contributed by atoms with Crippen LogP contribution in [-0.2, 0) is 0 Å². The van der Waals surface area contributed by atoms with Gasteiger partial charge in [-0.1, -0.05) is 12.1 Å². The number of nitrogens with one attached hydrogen (secondary N) is 1. The quantitative estimate of drug-likeness (QED) is 0.437. The summed E-state index contributed by atoms with van der Waals surface area (Å²) in [7, 11) is 2.12. The van der Waals surface area contributed by atoms with E-state index in [-0.39, 0.29) is 18.8 Å². The Hall–Kier alpha value is -3.69. The molecule has 1 fully saturated rings. The summed E-state index contributed by atoms with van der Waals surface area (Å²) in [5, 5.41) is 19.0. The number of nitrogens with zero attached hydrogens (tertiary/aromatic N) is 4. The molecule has 1 saturated heterocycles. The molecule has 8 nitrogen and oxygen atoms in total. The van der Waals surface area contributed by atoms with Gasteiger partial charge in [-0.25, -0.2) is 4.39 Å². The molecule has 6 rings (SSSR count). The van der Waals surface area contributed by atoms with Crippen molar-refractivity contribution in [3.8, 4) is 34.0 Å². The maximum Gasteiger partial charge on any atom is 0.143 e. The molecule has 1 unspecified atom stereocenters. The highest BCUT2D eigenvalue weighted by atomic mass is 19.1. The van der Waals surface area contributed by atoms with Gasteiger partial charge in [0.05, 0.1) is 28.7 Å². The average molecular weight is 476 g/mol. The number of benzene rings is 2. The van der Waals surface area contributed by atoms with Gasteiger partial charge in [-0.2, -0.15) is 5.10 Å². The van der Waals surface area contributed by atoms with E-state index in [1.165, 1.54) is 6.07 Å². The molecule has 0 amide bonds. The molecule has 2 aromatic heterocycles. The highest BCUT2D eigenvalue weighted by Gasteiger charge is 2.22. The minimum Gasteiger partial charge on any atom is -0.490 e. The van der Waals surface area contributed by atoms with Gasteiger partial charge in [-0.15, -0.1) is 0 Å². The summed E-state index contributed by atoms with van der Waals surface area (Å²) in [5.41, 5.74) is 3.99. The Labute approximate surface area is 201 Å². The Morgan fingerprint density at radius 2 is 1.83 bits per heavy atom. The number of fused-ring (bicyclic) bond motifs is 6. The molecule has 4 aromatic rings. The highest BCUT2D eigenvalue weighted by Crippen LogP contribution is 2.38. The van der Waals surface area contributed by atoms with Crippen LogP contribution < -0.4 is 14.4 Å². The number of anilines is 1. The van der Waals surface area contributed by atoms with E-state index in [0.717, 1.165) is 54.0 Å². The number of piperazine rings is 1. The number of pyridine rings is 1. The second-order valence-electron chi connectivity index (χ2n) is 9.05. The number of likely N-dealkylation sites (N-methyl/N-ethyl adjacent to an activating group) is 1. The molecule has 35 heavy (non-hydrogen) atoms. The lowest BCUT2D eigenvalue weighted by atomic mass is 10.0. The Kier molecular flexibility index (Phi) is 5.50. The van der Waals surface area contributed by atoms with E-state index in [1.807, 2.05) is 24.3 Å². The van der Waals surface area contributed by atoms with Crippen LogP contribution in [0.25, 0.3) is 33.4 Å². The topological polar surface area (TPSA) is 86.7 Å². The van der Waals surface area contributed by atoms with E-state index in [1.54, 1.807) is 18.3 Å². The maximum absolute atomic E-state index is 14.9. The normalized spacial score (nSPS) is 18.6. The zero-order valence-electron chi connectivity index (χ0n) is 19.4. The van der Waals surface area contributed by atoms with Gasteiger partial charge in [0.1, 0.15) is 42.3 Å². The van der Waals surface area contributed by atoms with E-state index in [2.05, 4.69) is 32.0 Å². The van der Waals surface area contributed by atoms with Crippen LogP contribution in [0.4, 0.5) is 10.1 Å². The van der Waals surface area contributed by atoms with Gasteiger partial charge in [0.15, 0.2) is 0 Å². The zero-order valence-corrected chi connectivity index (χ0v) is 19.4. The molecule has 180 valence electrons. The third kappa shape index (κ3) is 4.06. The number of aliphatic hydroxyl groups excluding tert-OH is 1. The first-order valence-electron chi connectivity index (χ1n) is 11.7. The summed E-state index contributed by atoms with van der Waals surface area (Å²) in [6.07, 6.45) is 0.739. The fourth-order valence-electron chi connectivity index (χ4n) is 4.65. The molecule has 9 heteroatoms. The van der Waals surface area contributed by atoms with E-state index in [0.29, 0.717) is 17.2 Å². The number of aromatic nitrogens is 3. The van der Waals surface area contributed by atoms with E-state index >= 15 is 0 Å². The summed E-state index contributed by atoms with van der Waals surface area (Å²) >= 11 is 0. The first kappa shape index (κ1) is 21.8. The van der Waals surface area contributed by atoms with Gasteiger partial charge in [0, 0.05) is 37.1 Å². The van der Waals surface area contributed by atoms with Crippen molar-refractivity contribution >= 4 is 16.6 Å². The molecule has 2 aromatic carbocycles. The van der Waals surface area contributed by atoms with Crippen molar-refractivity contribution in [2.75, 3.05) is 51.3 Å². The van der Waals surface area contributed by atoms with E-state index in [9.17, 15) is 9.50 Å². The number of rotatable bonds is 1. The summed E-state index contributed by atoms with van der Waals surface area (Å²) in [4.78, 5) is 9.06. The van der Waals surface area contributed by atoms with Gasteiger partial charge in [-0.05, 0) is 37.4 Å². The monoisotopic (exact) mass is 475 g/mol.